The van der Waals surface area contributed by atoms with E-state index in [1.165, 1.54) is 49.3 Å². The Hall–Kier alpha value is -3.52. The van der Waals surface area contributed by atoms with Gasteiger partial charge in [-0.2, -0.15) is 0 Å². The van der Waals surface area contributed by atoms with E-state index in [0.717, 1.165) is 6.54 Å². The van der Waals surface area contributed by atoms with Crippen LogP contribution in [0.3, 0.4) is 0 Å². The van der Waals surface area contributed by atoms with E-state index in [2.05, 4.69) is 107 Å². The summed E-state index contributed by atoms with van der Waals surface area (Å²) in [6.07, 6.45) is 0. The van der Waals surface area contributed by atoms with Crippen LogP contribution in [-0.4, -0.2) is 9.13 Å². The van der Waals surface area contributed by atoms with Gasteiger partial charge in [0.2, 0.25) is 0 Å². The van der Waals surface area contributed by atoms with Gasteiger partial charge in [-0.25, -0.2) is 0 Å². The topological polar surface area (TPSA) is 9.86 Å². The molecule has 2 heteroatoms. The lowest BCUT2D eigenvalue weighted by molar-refractivity contribution is 0.827. The molecule has 28 heavy (non-hydrogen) atoms. The number of aryl methyl sites for hydroxylation is 1. The van der Waals surface area contributed by atoms with Gasteiger partial charge in [0.05, 0.1) is 16.6 Å². The van der Waals surface area contributed by atoms with Crippen LogP contribution in [-0.2, 0) is 6.54 Å². The molecule has 0 radical (unpaired) electrons. The number of hydrogen-bond donors (Lipinski definition) is 0. The molecule has 134 valence electrons. The van der Waals surface area contributed by atoms with E-state index in [0.29, 0.717) is 0 Å². The molecule has 0 N–H and O–H groups in total. The van der Waals surface area contributed by atoms with Gasteiger partial charge in [0.25, 0.3) is 0 Å². The molecule has 0 saturated carbocycles. The maximum atomic E-state index is 2.42. The van der Waals surface area contributed by atoms with Gasteiger partial charge in [-0.1, -0.05) is 60.7 Å². The van der Waals surface area contributed by atoms with E-state index in [1.807, 2.05) is 0 Å². The number of rotatable bonds is 2. The van der Waals surface area contributed by atoms with Gasteiger partial charge >= 0.3 is 0 Å². The Bertz CT molecular complexity index is 1440. The molecule has 0 atom stereocenters. The lowest BCUT2D eigenvalue weighted by Crippen LogP contribution is -1.96. The van der Waals surface area contributed by atoms with Crippen molar-refractivity contribution in [2.75, 3.05) is 0 Å². The molecule has 0 bridgehead atoms. The van der Waals surface area contributed by atoms with Crippen LogP contribution in [0.4, 0.5) is 0 Å². The van der Waals surface area contributed by atoms with E-state index < -0.39 is 0 Å². The second kappa shape index (κ2) is 5.74. The largest absolute Gasteiger partial charge is 0.341 e. The maximum absolute atomic E-state index is 2.42. The average molecular weight is 360 g/mol. The highest BCUT2D eigenvalue weighted by molar-refractivity contribution is 6.11. The van der Waals surface area contributed by atoms with Gasteiger partial charge in [0, 0.05) is 39.3 Å². The lowest BCUT2D eigenvalue weighted by atomic mass is 10.1. The molecular formula is C26H20N2. The second-order valence-electron chi connectivity index (χ2n) is 7.33. The van der Waals surface area contributed by atoms with Crippen molar-refractivity contribution in [3.63, 3.8) is 0 Å². The van der Waals surface area contributed by atoms with Gasteiger partial charge in [-0.05, 0) is 37.3 Å². The summed E-state index contributed by atoms with van der Waals surface area (Å²) in [6, 6.07) is 32.9. The van der Waals surface area contributed by atoms with Gasteiger partial charge in [-0.15, -0.1) is 0 Å². The number of aromatic nitrogens is 2. The van der Waals surface area contributed by atoms with Crippen LogP contribution in [0.15, 0.2) is 91.0 Å². The van der Waals surface area contributed by atoms with Crippen LogP contribution in [0, 0.1) is 0 Å². The minimum Gasteiger partial charge on any atom is -0.341 e. The third-order valence-corrected chi connectivity index (χ3v) is 5.91. The zero-order chi connectivity index (χ0) is 18.7. The SMILES string of the molecule is CCn1c2ccccc2c2ccc(-n3c4ccccc4c4ccccc43)cc21. The van der Waals surface area contributed by atoms with Crippen LogP contribution in [0.1, 0.15) is 6.92 Å². The molecule has 0 amide bonds. The molecule has 0 saturated heterocycles. The smallest absolute Gasteiger partial charge is 0.0541 e. The van der Waals surface area contributed by atoms with Crippen molar-refractivity contribution in [3.8, 4) is 5.69 Å². The highest BCUT2D eigenvalue weighted by Crippen LogP contribution is 2.35. The van der Waals surface area contributed by atoms with Crippen molar-refractivity contribution in [2.24, 2.45) is 0 Å². The molecule has 0 fully saturated rings. The predicted molar refractivity (Wildman–Crippen MR) is 119 cm³/mol. The first-order valence-corrected chi connectivity index (χ1v) is 9.86. The Morgan fingerprint density at radius 2 is 1.04 bits per heavy atom. The van der Waals surface area contributed by atoms with E-state index in [1.54, 1.807) is 0 Å². The van der Waals surface area contributed by atoms with Crippen LogP contribution in [0.5, 0.6) is 0 Å². The Balaban J connectivity index is 1.75. The summed E-state index contributed by atoms with van der Waals surface area (Å²) >= 11 is 0. The highest BCUT2D eigenvalue weighted by atomic mass is 15.0. The van der Waals surface area contributed by atoms with Crippen molar-refractivity contribution >= 4 is 43.6 Å². The molecule has 4 aromatic carbocycles. The maximum Gasteiger partial charge on any atom is 0.0541 e. The van der Waals surface area contributed by atoms with Crippen LogP contribution < -0.4 is 0 Å². The van der Waals surface area contributed by atoms with Gasteiger partial charge in [0.1, 0.15) is 0 Å². The third-order valence-electron chi connectivity index (χ3n) is 5.91. The third kappa shape index (κ3) is 1.97. The summed E-state index contributed by atoms with van der Waals surface area (Å²) in [6.45, 7) is 3.18. The summed E-state index contributed by atoms with van der Waals surface area (Å²) in [5.41, 5.74) is 6.31. The lowest BCUT2D eigenvalue weighted by Gasteiger charge is -2.09. The second-order valence-corrected chi connectivity index (χ2v) is 7.33. The number of benzene rings is 4. The highest BCUT2D eigenvalue weighted by Gasteiger charge is 2.14. The van der Waals surface area contributed by atoms with Crippen LogP contribution in [0.2, 0.25) is 0 Å². The minimum atomic E-state index is 0.959. The fourth-order valence-electron chi connectivity index (χ4n) is 4.72. The number of para-hydroxylation sites is 3. The van der Waals surface area contributed by atoms with E-state index in [9.17, 15) is 0 Å². The Morgan fingerprint density at radius 1 is 0.536 bits per heavy atom. The predicted octanol–water partition coefficient (Wildman–Crippen LogP) is 6.91. The first-order chi connectivity index (χ1) is 13.9. The van der Waals surface area contributed by atoms with Crippen LogP contribution >= 0.6 is 0 Å². The molecule has 2 aromatic heterocycles. The average Bonchev–Trinajstić information content (AvgIpc) is 3.26. The summed E-state index contributed by atoms with van der Waals surface area (Å²) in [5.74, 6) is 0. The standard InChI is InChI=1S/C26H20N2/c1-2-27-23-12-6-3-9-19(23)22-16-15-18(17-26(22)27)28-24-13-7-4-10-20(24)21-11-5-8-14-25(21)28/h3-17H,2H2,1H3. The zero-order valence-electron chi connectivity index (χ0n) is 15.8. The Labute approximate surface area is 163 Å². The van der Waals surface area contributed by atoms with E-state index >= 15 is 0 Å². The first-order valence-electron chi connectivity index (χ1n) is 9.86. The quantitative estimate of drug-likeness (QED) is 0.317. The van der Waals surface area contributed by atoms with Crippen molar-refractivity contribution in [2.45, 2.75) is 13.5 Å². The number of fused-ring (bicyclic) bond motifs is 6. The summed E-state index contributed by atoms with van der Waals surface area (Å²) in [5, 5.41) is 5.25. The fraction of sp³-hybridized carbons (Fsp3) is 0.0769. The van der Waals surface area contributed by atoms with Crippen molar-refractivity contribution in [1.29, 1.82) is 0 Å². The zero-order valence-corrected chi connectivity index (χ0v) is 15.8. The summed E-state index contributed by atoms with van der Waals surface area (Å²) in [7, 11) is 0. The normalized spacial score (nSPS) is 11.9. The van der Waals surface area contributed by atoms with Crippen molar-refractivity contribution in [3.05, 3.63) is 91.0 Å². The van der Waals surface area contributed by atoms with Crippen molar-refractivity contribution in [1.82, 2.24) is 9.13 Å². The molecule has 2 heterocycles. The molecule has 6 rings (SSSR count). The molecule has 0 spiro atoms. The van der Waals surface area contributed by atoms with Gasteiger partial charge in [0.15, 0.2) is 0 Å². The molecule has 0 aliphatic heterocycles. The van der Waals surface area contributed by atoms with Crippen LogP contribution in [0.25, 0.3) is 49.3 Å². The number of nitrogens with zero attached hydrogens (tertiary/aromatic N) is 2. The molecule has 0 aliphatic carbocycles. The minimum absolute atomic E-state index is 0.959. The molecular weight excluding hydrogens is 340 g/mol. The summed E-state index contributed by atoms with van der Waals surface area (Å²) in [4.78, 5) is 0. The summed E-state index contributed by atoms with van der Waals surface area (Å²) < 4.78 is 4.81. The van der Waals surface area contributed by atoms with E-state index in [4.69, 9.17) is 0 Å². The molecule has 2 nitrogen and oxygen atoms in total. The number of hydrogen-bond acceptors (Lipinski definition) is 0. The van der Waals surface area contributed by atoms with Crippen molar-refractivity contribution < 1.29 is 0 Å². The monoisotopic (exact) mass is 360 g/mol. The Morgan fingerprint density at radius 3 is 1.64 bits per heavy atom. The van der Waals surface area contributed by atoms with Gasteiger partial charge < -0.3 is 9.13 Å². The Kier molecular flexibility index (Phi) is 3.18. The fourth-order valence-corrected chi connectivity index (χ4v) is 4.72. The molecule has 0 aliphatic rings. The molecule has 6 aromatic rings. The van der Waals surface area contributed by atoms with E-state index in [-0.39, 0.29) is 0 Å². The first kappa shape index (κ1) is 15.5. The molecule has 0 unspecified atom stereocenters. The van der Waals surface area contributed by atoms with Gasteiger partial charge in [-0.3, -0.25) is 0 Å².